The van der Waals surface area contributed by atoms with E-state index in [9.17, 15) is 4.79 Å². The molecule has 0 aliphatic heterocycles. The Hall–Kier alpha value is -2.29. The zero-order valence-electron chi connectivity index (χ0n) is 14.2. The van der Waals surface area contributed by atoms with E-state index in [4.69, 9.17) is 9.47 Å². The highest BCUT2D eigenvalue weighted by Crippen LogP contribution is 2.27. The van der Waals surface area contributed by atoms with E-state index >= 15 is 0 Å². The van der Waals surface area contributed by atoms with Crippen LogP contribution < -0.4 is 4.74 Å². The molecule has 0 N–H and O–H groups in total. The molecule has 0 heterocycles. The Bertz CT molecular complexity index is 641. The van der Waals surface area contributed by atoms with Gasteiger partial charge in [-0.05, 0) is 50.5 Å². The fourth-order valence-corrected chi connectivity index (χ4v) is 2.42. The Balaban J connectivity index is 2.32. The van der Waals surface area contributed by atoms with Crippen molar-refractivity contribution in [2.45, 2.75) is 38.7 Å². The molecule has 0 amide bonds. The van der Waals surface area contributed by atoms with Crippen molar-refractivity contribution >= 4 is 5.97 Å². The quantitative estimate of drug-likeness (QED) is 0.769. The number of benzene rings is 2. The number of methoxy groups -OCH3 is 1. The summed E-state index contributed by atoms with van der Waals surface area (Å²) < 4.78 is 10.9. The van der Waals surface area contributed by atoms with E-state index in [2.05, 4.69) is 0 Å². The molecule has 3 heteroatoms. The first-order valence-corrected chi connectivity index (χ1v) is 7.80. The number of esters is 1. The minimum Gasteiger partial charge on any atom is -0.497 e. The number of carbonyl (C=O) groups excluding carboxylic acids is 1. The van der Waals surface area contributed by atoms with Crippen molar-refractivity contribution in [3.8, 4) is 5.75 Å². The monoisotopic (exact) mass is 312 g/mol. The summed E-state index contributed by atoms with van der Waals surface area (Å²) in [5.74, 6) is 0.172. The Morgan fingerprint density at radius 3 is 2.35 bits per heavy atom. The second-order valence-corrected chi connectivity index (χ2v) is 6.55. The van der Waals surface area contributed by atoms with E-state index in [1.807, 2.05) is 75.4 Å². The molecule has 2 aromatic rings. The van der Waals surface area contributed by atoms with Gasteiger partial charge in [0, 0.05) is 0 Å². The Morgan fingerprint density at radius 2 is 1.74 bits per heavy atom. The molecule has 2 rings (SSSR count). The van der Waals surface area contributed by atoms with Crippen LogP contribution in [0.4, 0.5) is 0 Å². The molecule has 0 fully saturated rings. The van der Waals surface area contributed by atoms with Crippen molar-refractivity contribution < 1.29 is 14.3 Å². The Labute approximate surface area is 138 Å². The topological polar surface area (TPSA) is 35.5 Å². The summed E-state index contributed by atoms with van der Waals surface area (Å²) in [5, 5.41) is 0. The summed E-state index contributed by atoms with van der Waals surface area (Å²) in [6.45, 7) is 5.65. The number of hydrogen-bond acceptors (Lipinski definition) is 3. The van der Waals surface area contributed by atoms with E-state index in [-0.39, 0.29) is 11.9 Å². The van der Waals surface area contributed by atoms with E-state index in [0.29, 0.717) is 6.42 Å². The molecule has 122 valence electrons. The van der Waals surface area contributed by atoms with Gasteiger partial charge in [-0.1, -0.05) is 42.5 Å². The van der Waals surface area contributed by atoms with Crippen molar-refractivity contribution in [1.82, 2.24) is 0 Å². The van der Waals surface area contributed by atoms with Crippen LogP contribution in [0.15, 0.2) is 54.6 Å². The van der Waals surface area contributed by atoms with Gasteiger partial charge < -0.3 is 9.47 Å². The average Bonchev–Trinajstić information content (AvgIpc) is 2.52. The molecular weight excluding hydrogens is 288 g/mol. The molecule has 0 aromatic heterocycles. The van der Waals surface area contributed by atoms with E-state index < -0.39 is 5.60 Å². The first-order valence-electron chi connectivity index (χ1n) is 7.80. The molecule has 23 heavy (non-hydrogen) atoms. The molecule has 0 bridgehead atoms. The number of ether oxygens (including phenoxy) is 2. The summed E-state index contributed by atoms with van der Waals surface area (Å²) in [5.41, 5.74) is 1.50. The van der Waals surface area contributed by atoms with Crippen LogP contribution in [0.2, 0.25) is 0 Å². The third kappa shape index (κ3) is 5.13. The number of rotatable bonds is 5. The second-order valence-electron chi connectivity index (χ2n) is 6.55. The molecule has 1 unspecified atom stereocenters. The van der Waals surface area contributed by atoms with Gasteiger partial charge >= 0.3 is 5.97 Å². The van der Waals surface area contributed by atoms with E-state index in [1.54, 1.807) is 7.11 Å². The Kier molecular flexibility index (Phi) is 5.43. The summed E-state index contributed by atoms with van der Waals surface area (Å²) in [6.07, 6.45) is 0.600. The fourth-order valence-electron chi connectivity index (χ4n) is 2.42. The van der Waals surface area contributed by atoms with Crippen LogP contribution in [0.5, 0.6) is 5.75 Å². The van der Waals surface area contributed by atoms with Crippen molar-refractivity contribution in [1.29, 1.82) is 0 Å². The first-order chi connectivity index (χ1) is 10.9. The summed E-state index contributed by atoms with van der Waals surface area (Å²) in [6, 6.07) is 17.6. The SMILES string of the molecule is COc1cccc(C(Cc2ccccc2)C(=O)OC(C)(C)C)c1. The molecule has 1 atom stereocenters. The predicted molar refractivity (Wildman–Crippen MR) is 91.7 cm³/mol. The molecule has 0 aliphatic carbocycles. The van der Waals surface area contributed by atoms with Crippen molar-refractivity contribution in [3.63, 3.8) is 0 Å². The number of carbonyl (C=O) groups is 1. The average molecular weight is 312 g/mol. The lowest BCUT2D eigenvalue weighted by Crippen LogP contribution is -2.28. The van der Waals surface area contributed by atoms with Gasteiger partial charge in [0.2, 0.25) is 0 Å². The molecule has 3 nitrogen and oxygen atoms in total. The molecule has 0 radical (unpaired) electrons. The minimum atomic E-state index is -0.509. The lowest BCUT2D eigenvalue weighted by Gasteiger charge is -2.24. The van der Waals surface area contributed by atoms with Crippen LogP contribution in [0.25, 0.3) is 0 Å². The highest BCUT2D eigenvalue weighted by Gasteiger charge is 2.27. The molecular formula is C20H24O3. The van der Waals surface area contributed by atoms with Crippen molar-refractivity contribution in [3.05, 3.63) is 65.7 Å². The molecule has 0 spiro atoms. The van der Waals surface area contributed by atoms with Crippen molar-refractivity contribution in [2.24, 2.45) is 0 Å². The predicted octanol–water partition coefficient (Wildman–Crippen LogP) is 4.36. The van der Waals surface area contributed by atoms with E-state index in [0.717, 1.165) is 16.9 Å². The fraction of sp³-hybridized carbons (Fsp3) is 0.350. The molecule has 0 aliphatic rings. The smallest absolute Gasteiger partial charge is 0.314 e. The van der Waals surface area contributed by atoms with Crippen LogP contribution in [-0.2, 0) is 16.0 Å². The van der Waals surface area contributed by atoms with Crippen LogP contribution in [0.1, 0.15) is 37.8 Å². The maximum atomic E-state index is 12.7. The van der Waals surface area contributed by atoms with Gasteiger partial charge in [-0.25, -0.2) is 0 Å². The standard InChI is InChI=1S/C20H24O3/c1-20(2,3)23-19(21)18(13-15-9-6-5-7-10-15)16-11-8-12-17(14-16)22-4/h5-12,14,18H,13H2,1-4H3. The summed E-state index contributed by atoms with van der Waals surface area (Å²) in [7, 11) is 1.62. The molecule has 0 saturated heterocycles. The van der Waals surface area contributed by atoms with Crippen LogP contribution in [0, 0.1) is 0 Å². The van der Waals surface area contributed by atoms with Crippen LogP contribution in [0.3, 0.4) is 0 Å². The third-order valence-corrected chi connectivity index (χ3v) is 3.47. The highest BCUT2D eigenvalue weighted by atomic mass is 16.6. The molecule has 0 saturated carbocycles. The second kappa shape index (κ2) is 7.32. The highest BCUT2D eigenvalue weighted by molar-refractivity contribution is 5.79. The van der Waals surface area contributed by atoms with Gasteiger partial charge in [-0.15, -0.1) is 0 Å². The minimum absolute atomic E-state index is 0.213. The first kappa shape index (κ1) is 17.1. The van der Waals surface area contributed by atoms with Gasteiger partial charge in [0.15, 0.2) is 0 Å². The maximum absolute atomic E-state index is 12.7. The van der Waals surface area contributed by atoms with E-state index in [1.165, 1.54) is 0 Å². The van der Waals surface area contributed by atoms with Gasteiger partial charge in [-0.3, -0.25) is 4.79 Å². The lowest BCUT2D eigenvalue weighted by molar-refractivity contribution is -0.156. The van der Waals surface area contributed by atoms with Crippen molar-refractivity contribution in [2.75, 3.05) is 7.11 Å². The maximum Gasteiger partial charge on any atom is 0.314 e. The summed E-state index contributed by atoms with van der Waals surface area (Å²) in [4.78, 5) is 12.7. The zero-order valence-corrected chi connectivity index (χ0v) is 14.2. The van der Waals surface area contributed by atoms with Crippen LogP contribution in [-0.4, -0.2) is 18.7 Å². The van der Waals surface area contributed by atoms with Gasteiger partial charge in [0.25, 0.3) is 0 Å². The normalized spacial score (nSPS) is 12.5. The zero-order chi connectivity index (χ0) is 16.9. The largest absolute Gasteiger partial charge is 0.497 e. The van der Waals surface area contributed by atoms with Gasteiger partial charge in [0.05, 0.1) is 13.0 Å². The summed E-state index contributed by atoms with van der Waals surface area (Å²) >= 11 is 0. The Morgan fingerprint density at radius 1 is 1.04 bits per heavy atom. The lowest BCUT2D eigenvalue weighted by atomic mass is 9.91. The van der Waals surface area contributed by atoms with Gasteiger partial charge in [0.1, 0.15) is 11.4 Å². The third-order valence-electron chi connectivity index (χ3n) is 3.47. The molecule has 2 aromatic carbocycles. The van der Waals surface area contributed by atoms with Gasteiger partial charge in [-0.2, -0.15) is 0 Å². The number of hydrogen-bond donors (Lipinski definition) is 0. The van der Waals surface area contributed by atoms with Crippen LogP contribution >= 0.6 is 0 Å².